The fraction of sp³-hybridized carbons (Fsp3) is 0.682. The molecule has 2 atom stereocenters. The van der Waals surface area contributed by atoms with Gasteiger partial charge in [0.05, 0.1) is 6.10 Å². The van der Waals surface area contributed by atoms with Gasteiger partial charge in [0.2, 0.25) is 0 Å². The van der Waals surface area contributed by atoms with Crippen molar-refractivity contribution in [3.05, 3.63) is 35.4 Å². The van der Waals surface area contributed by atoms with Gasteiger partial charge in [-0.2, -0.15) is 0 Å². The Bertz CT molecular complexity index is 593. The molecule has 27 heavy (non-hydrogen) atoms. The Labute approximate surface area is 164 Å². The zero-order valence-corrected chi connectivity index (χ0v) is 17.2. The highest BCUT2D eigenvalue weighted by Gasteiger charge is 2.27. The van der Waals surface area contributed by atoms with E-state index in [0.717, 1.165) is 38.0 Å². The molecule has 0 bridgehead atoms. The summed E-state index contributed by atoms with van der Waals surface area (Å²) in [4.78, 5) is 6.84. The minimum Gasteiger partial charge on any atom is -0.373 e. The highest BCUT2D eigenvalue weighted by Crippen LogP contribution is 2.33. The molecule has 0 aromatic heterocycles. The molecule has 150 valence electrons. The minimum atomic E-state index is 0.179. The number of piperidine rings is 1. The monoisotopic (exact) mass is 372 g/mol. The van der Waals surface area contributed by atoms with E-state index in [1.54, 1.807) is 0 Å². The zero-order chi connectivity index (χ0) is 19.1. The summed E-state index contributed by atoms with van der Waals surface area (Å²) in [6, 6.07) is 8.79. The van der Waals surface area contributed by atoms with Crippen LogP contribution in [0.5, 0.6) is 0 Å². The Hall–Kier alpha value is -1.59. The van der Waals surface area contributed by atoms with E-state index in [1.807, 2.05) is 7.05 Å². The second-order valence-corrected chi connectivity index (χ2v) is 8.19. The van der Waals surface area contributed by atoms with Crippen LogP contribution in [0.25, 0.3) is 0 Å². The molecule has 0 radical (unpaired) electrons. The van der Waals surface area contributed by atoms with E-state index >= 15 is 0 Å². The van der Waals surface area contributed by atoms with Crippen molar-refractivity contribution in [3.63, 3.8) is 0 Å². The first kappa shape index (κ1) is 20.2. The molecule has 2 heterocycles. The lowest BCUT2D eigenvalue weighted by Gasteiger charge is -2.33. The number of aliphatic imine (C=N–C) groups is 1. The van der Waals surface area contributed by atoms with Gasteiger partial charge < -0.3 is 20.3 Å². The Balaban J connectivity index is 1.49. The number of guanidine groups is 1. The maximum Gasteiger partial charge on any atom is 0.190 e. The lowest BCUT2D eigenvalue weighted by Crippen LogP contribution is -2.44. The second kappa shape index (κ2) is 10.1. The molecule has 0 aliphatic carbocycles. The molecule has 1 aromatic carbocycles. The van der Waals surface area contributed by atoms with E-state index in [1.165, 1.54) is 43.5 Å². The van der Waals surface area contributed by atoms with Gasteiger partial charge in [0.1, 0.15) is 0 Å². The normalized spacial score (nSPS) is 25.4. The van der Waals surface area contributed by atoms with Crippen LogP contribution in [0.1, 0.15) is 42.9 Å². The molecule has 2 aliphatic heterocycles. The molecule has 1 aromatic rings. The number of aryl methyl sites for hydroxylation is 1. The highest BCUT2D eigenvalue weighted by atomic mass is 16.5. The number of hydrogen-bond acceptors (Lipinski definition) is 3. The van der Waals surface area contributed by atoms with E-state index in [-0.39, 0.29) is 6.10 Å². The number of ether oxygens (including phenoxy) is 1. The number of likely N-dealkylation sites (tertiary alicyclic amines) is 1. The van der Waals surface area contributed by atoms with Crippen molar-refractivity contribution in [1.29, 1.82) is 0 Å². The van der Waals surface area contributed by atoms with Gasteiger partial charge in [0, 0.05) is 32.7 Å². The van der Waals surface area contributed by atoms with Crippen molar-refractivity contribution in [2.75, 3.05) is 46.9 Å². The first-order valence-corrected chi connectivity index (χ1v) is 10.5. The van der Waals surface area contributed by atoms with Crippen LogP contribution >= 0.6 is 0 Å². The minimum absolute atomic E-state index is 0.179. The van der Waals surface area contributed by atoms with Crippen LogP contribution in [0.15, 0.2) is 29.3 Å². The average Bonchev–Trinajstić information content (AvgIpc) is 2.70. The predicted octanol–water partition coefficient (Wildman–Crippen LogP) is 2.97. The topological polar surface area (TPSA) is 48.9 Å². The lowest BCUT2D eigenvalue weighted by atomic mass is 9.89. The summed E-state index contributed by atoms with van der Waals surface area (Å²) in [5.41, 5.74) is 2.59. The Morgan fingerprint density at radius 3 is 2.52 bits per heavy atom. The zero-order valence-electron chi connectivity index (χ0n) is 17.2. The van der Waals surface area contributed by atoms with Crippen LogP contribution in [0.4, 0.5) is 0 Å². The van der Waals surface area contributed by atoms with E-state index in [0.29, 0.717) is 5.92 Å². The molecule has 2 saturated heterocycles. The number of rotatable bonds is 5. The maximum absolute atomic E-state index is 6.14. The van der Waals surface area contributed by atoms with Crippen molar-refractivity contribution in [1.82, 2.24) is 15.5 Å². The van der Waals surface area contributed by atoms with Gasteiger partial charge in [-0.3, -0.25) is 4.99 Å². The number of nitrogens with zero attached hydrogens (tertiary/aromatic N) is 2. The van der Waals surface area contributed by atoms with Gasteiger partial charge >= 0.3 is 0 Å². The van der Waals surface area contributed by atoms with E-state index in [2.05, 4.69) is 58.8 Å². The summed E-state index contributed by atoms with van der Waals surface area (Å²) >= 11 is 0. The van der Waals surface area contributed by atoms with Crippen LogP contribution in [-0.2, 0) is 4.74 Å². The molecular weight excluding hydrogens is 336 g/mol. The van der Waals surface area contributed by atoms with Crippen LogP contribution in [0.3, 0.4) is 0 Å². The average molecular weight is 373 g/mol. The lowest BCUT2D eigenvalue weighted by molar-refractivity contribution is -0.0265. The summed E-state index contributed by atoms with van der Waals surface area (Å²) in [6.07, 6.45) is 5.05. The Kier molecular flexibility index (Phi) is 7.53. The summed E-state index contributed by atoms with van der Waals surface area (Å²) < 4.78 is 6.14. The first-order chi connectivity index (χ1) is 13.2. The SMILES string of the molecule is CN=C(NCC1CCN(C)CC1)NCC1CCCOC1c1ccc(C)cc1. The van der Waals surface area contributed by atoms with Crippen molar-refractivity contribution in [2.24, 2.45) is 16.8 Å². The van der Waals surface area contributed by atoms with E-state index in [4.69, 9.17) is 4.74 Å². The number of benzene rings is 1. The van der Waals surface area contributed by atoms with Crippen molar-refractivity contribution in [2.45, 2.75) is 38.7 Å². The highest BCUT2D eigenvalue weighted by molar-refractivity contribution is 5.79. The third-order valence-electron chi connectivity index (χ3n) is 6.00. The molecule has 0 amide bonds. The summed E-state index contributed by atoms with van der Waals surface area (Å²) in [6.45, 7) is 7.30. The summed E-state index contributed by atoms with van der Waals surface area (Å²) in [5, 5.41) is 7.08. The molecule has 0 spiro atoms. The number of nitrogens with one attached hydrogen (secondary N) is 2. The third-order valence-corrected chi connectivity index (χ3v) is 6.00. The summed E-state index contributed by atoms with van der Waals surface area (Å²) in [7, 11) is 4.07. The smallest absolute Gasteiger partial charge is 0.190 e. The fourth-order valence-corrected chi connectivity index (χ4v) is 4.13. The Morgan fingerprint density at radius 1 is 1.11 bits per heavy atom. The van der Waals surface area contributed by atoms with Crippen LogP contribution in [-0.4, -0.2) is 57.7 Å². The van der Waals surface area contributed by atoms with Crippen molar-refractivity contribution < 1.29 is 4.74 Å². The standard InChI is InChI=1S/C22H36N4O/c1-17-6-8-19(9-7-17)21-20(5-4-14-27-21)16-25-22(23-2)24-15-18-10-12-26(3)13-11-18/h6-9,18,20-21H,4-5,10-16H2,1-3H3,(H2,23,24,25). The van der Waals surface area contributed by atoms with Gasteiger partial charge in [-0.15, -0.1) is 0 Å². The molecule has 2 fully saturated rings. The molecule has 5 nitrogen and oxygen atoms in total. The molecule has 0 saturated carbocycles. The van der Waals surface area contributed by atoms with Gasteiger partial charge in [-0.25, -0.2) is 0 Å². The van der Waals surface area contributed by atoms with Crippen LogP contribution in [0, 0.1) is 18.8 Å². The molecule has 2 unspecified atom stereocenters. The van der Waals surface area contributed by atoms with Crippen LogP contribution < -0.4 is 10.6 Å². The Morgan fingerprint density at radius 2 is 1.81 bits per heavy atom. The van der Waals surface area contributed by atoms with Crippen molar-refractivity contribution in [3.8, 4) is 0 Å². The third kappa shape index (κ3) is 5.94. The molecule has 2 aliphatic rings. The molecule has 5 heteroatoms. The van der Waals surface area contributed by atoms with Gasteiger partial charge in [0.25, 0.3) is 0 Å². The quantitative estimate of drug-likeness (QED) is 0.616. The first-order valence-electron chi connectivity index (χ1n) is 10.5. The second-order valence-electron chi connectivity index (χ2n) is 8.19. The maximum atomic E-state index is 6.14. The van der Waals surface area contributed by atoms with Gasteiger partial charge in [0.15, 0.2) is 5.96 Å². The number of hydrogen-bond donors (Lipinski definition) is 2. The molecular formula is C22H36N4O. The van der Waals surface area contributed by atoms with E-state index in [9.17, 15) is 0 Å². The predicted molar refractivity (Wildman–Crippen MR) is 112 cm³/mol. The largest absolute Gasteiger partial charge is 0.373 e. The van der Waals surface area contributed by atoms with Crippen molar-refractivity contribution >= 4 is 5.96 Å². The fourth-order valence-electron chi connectivity index (χ4n) is 4.13. The van der Waals surface area contributed by atoms with Crippen LogP contribution in [0.2, 0.25) is 0 Å². The molecule has 2 N–H and O–H groups in total. The van der Waals surface area contributed by atoms with Gasteiger partial charge in [-0.1, -0.05) is 29.8 Å². The summed E-state index contributed by atoms with van der Waals surface area (Å²) in [5.74, 6) is 2.14. The molecule has 3 rings (SSSR count). The van der Waals surface area contributed by atoms with E-state index < -0.39 is 0 Å². The van der Waals surface area contributed by atoms with Gasteiger partial charge in [-0.05, 0) is 64.2 Å².